The molecule has 1 saturated carbocycles. The highest BCUT2D eigenvalue weighted by Crippen LogP contribution is 2.53. The predicted molar refractivity (Wildman–Crippen MR) is 156 cm³/mol. The summed E-state index contributed by atoms with van der Waals surface area (Å²) in [5, 5.41) is 45.0. The predicted octanol–water partition coefficient (Wildman–Crippen LogP) is 1.10. The largest absolute Gasteiger partial charge is 0.508 e. The Morgan fingerprint density at radius 1 is 1.12 bits per heavy atom. The van der Waals surface area contributed by atoms with Crippen LogP contribution in [0.1, 0.15) is 23.2 Å². The zero-order valence-corrected chi connectivity index (χ0v) is 24.5. The van der Waals surface area contributed by atoms with Gasteiger partial charge in [0.05, 0.1) is 30.5 Å². The lowest BCUT2D eigenvalue weighted by Crippen LogP contribution is -2.65. The molecule has 0 radical (unpaired) electrons. The Kier molecular flexibility index (Phi) is 7.90. The molecule has 5 rings (SSSR count). The van der Waals surface area contributed by atoms with Gasteiger partial charge in [0.15, 0.2) is 11.4 Å². The van der Waals surface area contributed by atoms with Gasteiger partial charge in [0.2, 0.25) is 5.78 Å². The van der Waals surface area contributed by atoms with Crippen LogP contribution in [-0.2, 0) is 32.1 Å². The number of carbonyl (C=O) groups excluding carboxylic acids is 3. The Morgan fingerprint density at radius 2 is 1.84 bits per heavy atom. The van der Waals surface area contributed by atoms with Gasteiger partial charge in [0.1, 0.15) is 22.8 Å². The van der Waals surface area contributed by atoms with Gasteiger partial charge in [0.25, 0.3) is 5.91 Å². The van der Waals surface area contributed by atoms with Gasteiger partial charge in [0, 0.05) is 29.8 Å². The van der Waals surface area contributed by atoms with Crippen molar-refractivity contribution in [3.8, 4) is 16.9 Å². The van der Waals surface area contributed by atoms with Crippen LogP contribution >= 0.6 is 0 Å². The number of fused-ring (bicyclic) bond motifs is 3. The maximum Gasteiger partial charge on any atom is 0.255 e. The number of aromatic hydroxyl groups is 1. The van der Waals surface area contributed by atoms with Crippen LogP contribution in [0.25, 0.3) is 16.9 Å². The lowest BCUT2D eigenvalue weighted by Gasteiger charge is -2.50. The first-order valence-electron chi connectivity index (χ1n) is 14.0. The topological polar surface area (TPSA) is 187 Å². The Bertz CT molecular complexity index is 1560. The molecule has 0 saturated heterocycles. The number of aliphatic hydroxyl groups is 3. The number of primary amides is 1. The van der Waals surface area contributed by atoms with Crippen LogP contribution in [-0.4, -0.2) is 106 Å². The van der Waals surface area contributed by atoms with Crippen molar-refractivity contribution >= 4 is 23.2 Å². The van der Waals surface area contributed by atoms with Crippen molar-refractivity contribution in [1.29, 1.82) is 0 Å². The van der Waals surface area contributed by atoms with Gasteiger partial charge in [-0.2, -0.15) is 0 Å². The van der Waals surface area contributed by atoms with E-state index in [2.05, 4.69) is 4.98 Å². The van der Waals surface area contributed by atoms with Crippen LogP contribution in [0.2, 0.25) is 0 Å². The number of aromatic nitrogens is 1. The fourth-order valence-corrected chi connectivity index (χ4v) is 6.61. The number of pyridine rings is 1. The van der Waals surface area contributed by atoms with Gasteiger partial charge in [-0.25, -0.2) is 0 Å². The molecule has 0 bridgehead atoms. The molecule has 1 amide bonds. The maximum atomic E-state index is 14.0. The standard InChI is InChI=1S/C31H36N4O8/c1-34(2)9-10-43-14-17-6-5-15(13-33-17)18-7-8-21(36)23-19(18)11-16-12-20-25(35(3)4)27(38)24(30(32)41)29(40)31(20,42)28(39)22(16)26(23)37/h5-8,13,16,20,25,36-37,40,42H,9-12,14H2,1-4H3,(H2,32,41)/t16-,20-,25-,31-/m0/s1. The van der Waals surface area contributed by atoms with E-state index in [9.17, 15) is 34.8 Å². The van der Waals surface area contributed by atoms with Crippen molar-refractivity contribution in [2.75, 3.05) is 41.3 Å². The first-order valence-corrected chi connectivity index (χ1v) is 14.0. The summed E-state index contributed by atoms with van der Waals surface area (Å²) in [5.74, 6) is -6.83. The number of nitrogens with zero attached hydrogens (tertiary/aromatic N) is 3. The van der Waals surface area contributed by atoms with E-state index in [1.165, 1.54) is 11.0 Å². The van der Waals surface area contributed by atoms with E-state index in [1.807, 2.05) is 31.1 Å². The molecular weight excluding hydrogens is 556 g/mol. The number of carbonyl (C=O) groups is 3. The first-order chi connectivity index (χ1) is 20.3. The van der Waals surface area contributed by atoms with Crippen molar-refractivity contribution in [2.24, 2.45) is 17.6 Å². The molecule has 1 aromatic carbocycles. The molecule has 0 spiro atoms. The molecule has 6 N–H and O–H groups in total. The van der Waals surface area contributed by atoms with E-state index >= 15 is 0 Å². The zero-order valence-electron chi connectivity index (χ0n) is 24.5. The van der Waals surface area contributed by atoms with Crippen LogP contribution in [0.4, 0.5) is 0 Å². The van der Waals surface area contributed by atoms with Crippen LogP contribution in [0.5, 0.6) is 5.75 Å². The molecule has 43 heavy (non-hydrogen) atoms. The third-order valence-corrected chi connectivity index (χ3v) is 8.67. The minimum absolute atomic E-state index is 0.0162. The second-order valence-corrected chi connectivity index (χ2v) is 11.8. The van der Waals surface area contributed by atoms with Crippen molar-refractivity contribution in [2.45, 2.75) is 31.1 Å². The normalized spacial score (nSPS) is 25.2. The second kappa shape index (κ2) is 11.2. The smallest absolute Gasteiger partial charge is 0.255 e. The first kappa shape index (κ1) is 30.4. The number of ketones is 2. The zero-order chi connectivity index (χ0) is 31.4. The Morgan fingerprint density at radius 3 is 2.44 bits per heavy atom. The number of phenols is 1. The van der Waals surface area contributed by atoms with Gasteiger partial charge in [-0.05, 0) is 70.2 Å². The fourth-order valence-electron chi connectivity index (χ4n) is 6.61. The molecule has 4 atom stereocenters. The number of nitrogens with two attached hydrogens (primary N) is 1. The molecular formula is C31H36N4O8. The summed E-state index contributed by atoms with van der Waals surface area (Å²) in [5.41, 5.74) is 4.40. The number of phenolic OH excluding ortho intramolecular Hbond substituents is 1. The number of rotatable bonds is 8. The highest BCUT2D eigenvalue weighted by molar-refractivity contribution is 6.24. The van der Waals surface area contributed by atoms with Gasteiger partial charge in [-0.15, -0.1) is 0 Å². The summed E-state index contributed by atoms with van der Waals surface area (Å²) in [6.07, 6.45) is 1.88. The summed E-state index contributed by atoms with van der Waals surface area (Å²) in [6, 6.07) is 5.66. The number of amides is 1. The fraction of sp³-hybridized carbons (Fsp3) is 0.419. The molecule has 1 heterocycles. The number of likely N-dealkylation sites (N-methyl/N-ethyl adjacent to an activating group) is 2. The maximum absolute atomic E-state index is 14.0. The van der Waals surface area contributed by atoms with Gasteiger partial charge in [-0.3, -0.25) is 24.3 Å². The SMILES string of the molecule is CN(C)CCOCc1ccc(-c2ccc(O)c3c2C[C@H]2C[C@H]4[C@H](N(C)C)C(=O)C(C(N)=O)=C(O)[C@@]4(O)C(=O)C2=C3O)cn1. The minimum atomic E-state index is -2.67. The quantitative estimate of drug-likeness (QED) is 0.218. The Labute approximate surface area is 248 Å². The molecule has 0 unspecified atom stereocenters. The molecule has 3 aliphatic carbocycles. The van der Waals surface area contributed by atoms with E-state index in [0.29, 0.717) is 29.9 Å². The summed E-state index contributed by atoms with van der Waals surface area (Å²) >= 11 is 0. The van der Waals surface area contributed by atoms with Crippen molar-refractivity contribution in [3.63, 3.8) is 0 Å². The van der Waals surface area contributed by atoms with Crippen LogP contribution in [0, 0.1) is 11.8 Å². The van der Waals surface area contributed by atoms with E-state index in [4.69, 9.17) is 10.5 Å². The third kappa shape index (κ3) is 4.89. The Balaban J connectivity index is 1.56. The summed E-state index contributed by atoms with van der Waals surface area (Å²) in [7, 11) is 7.05. The lowest BCUT2D eigenvalue weighted by molar-refractivity contribution is -0.153. The van der Waals surface area contributed by atoms with Gasteiger partial charge >= 0.3 is 0 Å². The number of hydrogen-bond acceptors (Lipinski definition) is 11. The molecule has 2 aromatic rings. The summed E-state index contributed by atoms with van der Waals surface area (Å²) in [4.78, 5) is 47.4. The highest BCUT2D eigenvalue weighted by Gasteiger charge is 2.64. The Hall–Kier alpha value is -4.10. The molecule has 0 aliphatic heterocycles. The van der Waals surface area contributed by atoms with Gasteiger partial charge < -0.3 is 35.8 Å². The van der Waals surface area contributed by atoms with E-state index in [1.54, 1.807) is 26.4 Å². The van der Waals surface area contributed by atoms with E-state index in [-0.39, 0.29) is 29.7 Å². The third-order valence-electron chi connectivity index (χ3n) is 8.67. The average molecular weight is 593 g/mol. The van der Waals surface area contributed by atoms with Crippen molar-refractivity contribution in [1.82, 2.24) is 14.8 Å². The second-order valence-electron chi connectivity index (χ2n) is 11.8. The number of ether oxygens (including phenoxy) is 1. The number of hydrogen-bond donors (Lipinski definition) is 5. The highest BCUT2D eigenvalue weighted by atomic mass is 16.5. The molecule has 228 valence electrons. The molecule has 3 aliphatic rings. The minimum Gasteiger partial charge on any atom is -0.508 e. The summed E-state index contributed by atoms with van der Waals surface area (Å²) in [6.45, 7) is 1.68. The van der Waals surface area contributed by atoms with Crippen molar-refractivity contribution < 1.29 is 39.5 Å². The molecule has 1 aromatic heterocycles. The van der Waals surface area contributed by atoms with Crippen LogP contribution < -0.4 is 5.73 Å². The van der Waals surface area contributed by atoms with Crippen LogP contribution in [0.15, 0.2) is 47.4 Å². The van der Waals surface area contributed by atoms with Crippen LogP contribution in [0.3, 0.4) is 0 Å². The lowest BCUT2D eigenvalue weighted by atomic mass is 9.57. The van der Waals surface area contributed by atoms with Gasteiger partial charge in [-0.1, -0.05) is 12.1 Å². The number of benzene rings is 1. The molecule has 12 nitrogen and oxygen atoms in total. The molecule has 12 heteroatoms. The number of Topliss-reactive ketones (excluding diaryl/α,β-unsaturated/α-hetero) is 2. The molecule has 1 fully saturated rings. The average Bonchev–Trinajstić information content (AvgIpc) is 2.93. The number of aliphatic hydroxyl groups excluding tert-OH is 2. The monoisotopic (exact) mass is 592 g/mol. The van der Waals surface area contributed by atoms with Crippen molar-refractivity contribution in [3.05, 3.63) is 64.2 Å². The van der Waals surface area contributed by atoms with E-state index in [0.717, 1.165) is 12.2 Å². The summed E-state index contributed by atoms with van der Waals surface area (Å²) < 4.78 is 5.67. The van der Waals surface area contributed by atoms with E-state index < -0.39 is 58.0 Å².